The molecule has 16 heavy (non-hydrogen) atoms. The van der Waals surface area contributed by atoms with Crippen LogP contribution in [-0.4, -0.2) is 12.5 Å². The Morgan fingerprint density at radius 1 is 1.50 bits per heavy atom. The number of carbonyl (C=O) groups is 1. The Morgan fingerprint density at radius 2 is 2.31 bits per heavy atom. The second-order valence-electron chi connectivity index (χ2n) is 4.16. The molecule has 0 bridgehead atoms. The van der Waals surface area contributed by atoms with Crippen LogP contribution < -0.4 is 10.9 Å². The fourth-order valence-electron chi connectivity index (χ4n) is 1.91. The molecule has 0 spiro atoms. The van der Waals surface area contributed by atoms with Crippen LogP contribution in [-0.2, 0) is 10.2 Å². The second-order valence-corrected chi connectivity index (χ2v) is 4.16. The summed E-state index contributed by atoms with van der Waals surface area (Å²) in [6, 6.07) is 9.32. The van der Waals surface area contributed by atoms with Gasteiger partial charge in [0.15, 0.2) is 0 Å². The number of nitrogens with zero attached hydrogens (tertiary/aromatic N) is 1. The zero-order chi connectivity index (χ0) is 11.6. The van der Waals surface area contributed by atoms with E-state index in [-0.39, 0.29) is 5.91 Å². The summed E-state index contributed by atoms with van der Waals surface area (Å²) < 4.78 is 0. The predicted molar refractivity (Wildman–Crippen MR) is 59.3 cm³/mol. The molecule has 1 atom stereocenters. The van der Waals surface area contributed by atoms with E-state index in [1.165, 1.54) is 0 Å². The van der Waals surface area contributed by atoms with Crippen molar-refractivity contribution in [3.63, 3.8) is 0 Å². The van der Waals surface area contributed by atoms with Crippen molar-refractivity contribution >= 4 is 5.91 Å². The van der Waals surface area contributed by atoms with Crippen LogP contribution in [0.3, 0.4) is 0 Å². The summed E-state index contributed by atoms with van der Waals surface area (Å²) in [5.41, 5.74) is 6.40. The van der Waals surface area contributed by atoms with Gasteiger partial charge in [0.05, 0.1) is 17.0 Å². The van der Waals surface area contributed by atoms with Crippen LogP contribution in [0.25, 0.3) is 0 Å². The maximum atomic E-state index is 11.9. The van der Waals surface area contributed by atoms with Gasteiger partial charge in [-0.2, -0.15) is 5.26 Å². The fourth-order valence-corrected chi connectivity index (χ4v) is 1.91. The normalized spacial score (nSPS) is 24.6. The van der Waals surface area contributed by atoms with Crippen LogP contribution >= 0.6 is 0 Å². The number of amides is 1. The van der Waals surface area contributed by atoms with Crippen LogP contribution in [0.1, 0.15) is 24.5 Å². The van der Waals surface area contributed by atoms with Gasteiger partial charge in [-0.15, -0.1) is 0 Å². The maximum absolute atomic E-state index is 11.9. The van der Waals surface area contributed by atoms with Crippen LogP contribution in [0.2, 0.25) is 0 Å². The molecule has 82 valence electrons. The first-order chi connectivity index (χ1) is 7.66. The molecule has 0 aromatic heterocycles. The lowest BCUT2D eigenvalue weighted by Gasteiger charge is -2.33. The molecule has 2 rings (SSSR count). The number of nitriles is 1. The summed E-state index contributed by atoms with van der Waals surface area (Å²) in [7, 11) is 0. The molecule has 1 aliphatic heterocycles. The van der Waals surface area contributed by atoms with Gasteiger partial charge in [-0.25, -0.2) is 5.43 Å². The van der Waals surface area contributed by atoms with Crippen molar-refractivity contribution in [1.29, 1.82) is 5.26 Å². The minimum absolute atomic E-state index is 0.0474. The summed E-state index contributed by atoms with van der Waals surface area (Å²) in [5.74, 6) is -0.0474. The highest BCUT2D eigenvalue weighted by Gasteiger charge is 2.37. The molecule has 4 heteroatoms. The van der Waals surface area contributed by atoms with Crippen molar-refractivity contribution in [2.75, 3.05) is 6.54 Å². The second kappa shape index (κ2) is 3.95. The Bertz CT molecular complexity index is 464. The maximum Gasteiger partial charge on any atom is 0.244 e. The van der Waals surface area contributed by atoms with Crippen LogP contribution in [0.15, 0.2) is 24.3 Å². The smallest absolute Gasteiger partial charge is 0.244 e. The summed E-state index contributed by atoms with van der Waals surface area (Å²) in [6.45, 7) is 2.64. The van der Waals surface area contributed by atoms with Gasteiger partial charge in [-0.1, -0.05) is 12.1 Å². The molecular formula is C12H13N3O. The molecule has 1 heterocycles. The number of rotatable bonds is 1. The quantitative estimate of drug-likeness (QED) is 0.729. The van der Waals surface area contributed by atoms with E-state index in [4.69, 9.17) is 5.26 Å². The Balaban J connectivity index is 2.42. The third-order valence-electron chi connectivity index (χ3n) is 3.08. The standard InChI is InChI=1S/C12H13N3O/c1-12(5-6-14-15-11(12)16)10-4-2-3-9(7-10)8-13/h2-4,7,14H,5-6H2,1H3,(H,15,16). The highest BCUT2D eigenvalue weighted by molar-refractivity contribution is 5.88. The highest BCUT2D eigenvalue weighted by atomic mass is 16.2. The Labute approximate surface area is 94.2 Å². The van der Waals surface area contributed by atoms with Gasteiger partial charge < -0.3 is 0 Å². The lowest BCUT2D eigenvalue weighted by Crippen LogP contribution is -2.55. The number of hydrazine groups is 1. The Kier molecular flexibility index (Phi) is 2.63. The van der Waals surface area contributed by atoms with Gasteiger partial charge in [0.1, 0.15) is 0 Å². The largest absolute Gasteiger partial charge is 0.291 e. The third-order valence-corrected chi connectivity index (χ3v) is 3.08. The molecule has 0 radical (unpaired) electrons. The first-order valence-corrected chi connectivity index (χ1v) is 5.21. The molecule has 2 N–H and O–H groups in total. The topological polar surface area (TPSA) is 64.9 Å². The lowest BCUT2D eigenvalue weighted by molar-refractivity contribution is -0.129. The molecule has 1 saturated heterocycles. The Hall–Kier alpha value is -1.86. The third kappa shape index (κ3) is 1.66. The molecule has 4 nitrogen and oxygen atoms in total. The summed E-state index contributed by atoms with van der Waals surface area (Å²) >= 11 is 0. The summed E-state index contributed by atoms with van der Waals surface area (Å²) in [5, 5.41) is 8.85. The molecule has 1 aromatic rings. The van der Waals surface area contributed by atoms with Crippen molar-refractivity contribution in [1.82, 2.24) is 10.9 Å². The number of hydrogen-bond acceptors (Lipinski definition) is 3. The van der Waals surface area contributed by atoms with E-state index in [1.807, 2.05) is 19.1 Å². The lowest BCUT2D eigenvalue weighted by atomic mass is 9.77. The average molecular weight is 215 g/mol. The first kappa shape index (κ1) is 10.7. The van der Waals surface area contributed by atoms with Crippen molar-refractivity contribution in [2.24, 2.45) is 0 Å². The number of benzene rings is 1. The van der Waals surface area contributed by atoms with E-state index in [1.54, 1.807) is 12.1 Å². The molecular weight excluding hydrogens is 202 g/mol. The SMILES string of the molecule is CC1(c2cccc(C#N)c2)CCNNC1=O. The van der Waals surface area contributed by atoms with E-state index in [2.05, 4.69) is 16.9 Å². The van der Waals surface area contributed by atoms with Gasteiger partial charge in [0.25, 0.3) is 0 Å². The molecule has 1 aliphatic rings. The number of nitrogens with one attached hydrogen (secondary N) is 2. The van der Waals surface area contributed by atoms with Gasteiger partial charge in [0.2, 0.25) is 5.91 Å². The molecule has 1 fully saturated rings. The van der Waals surface area contributed by atoms with Crippen LogP contribution in [0.4, 0.5) is 0 Å². The van der Waals surface area contributed by atoms with Gasteiger partial charge in [-0.05, 0) is 31.0 Å². The van der Waals surface area contributed by atoms with Crippen molar-refractivity contribution in [3.05, 3.63) is 35.4 Å². The monoisotopic (exact) mass is 215 g/mol. The zero-order valence-corrected chi connectivity index (χ0v) is 9.08. The van der Waals surface area contributed by atoms with Crippen LogP contribution in [0, 0.1) is 11.3 Å². The number of hydrogen-bond donors (Lipinski definition) is 2. The van der Waals surface area contributed by atoms with E-state index >= 15 is 0 Å². The molecule has 0 aliphatic carbocycles. The van der Waals surface area contributed by atoms with Crippen molar-refractivity contribution in [2.45, 2.75) is 18.8 Å². The summed E-state index contributed by atoms with van der Waals surface area (Å²) in [6.07, 6.45) is 0.730. The molecule has 0 saturated carbocycles. The first-order valence-electron chi connectivity index (χ1n) is 5.21. The van der Waals surface area contributed by atoms with E-state index < -0.39 is 5.41 Å². The molecule has 1 aromatic carbocycles. The minimum atomic E-state index is -0.544. The Morgan fingerprint density at radius 3 is 3.00 bits per heavy atom. The van der Waals surface area contributed by atoms with Crippen molar-refractivity contribution in [3.8, 4) is 6.07 Å². The van der Waals surface area contributed by atoms with Crippen LogP contribution in [0.5, 0.6) is 0 Å². The van der Waals surface area contributed by atoms with Gasteiger partial charge >= 0.3 is 0 Å². The predicted octanol–water partition coefficient (Wildman–Crippen LogP) is 0.840. The van der Waals surface area contributed by atoms with Gasteiger partial charge in [0, 0.05) is 6.54 Å². The molecule has 1 amide bonds. The highest BCUT2D eigenvalue weighted by Crippen LogP contribution is 2.29. The number of carbonyl (C=O) groups excluding carboxylic acids is 1. The van der Waals surface area contributed by atoms with Gasteiger partial charge in [-0.3, -0.25) is 10.2 Å². The fraction of sp³-hybridized carbons (Fsp3) is 0.333. The average Bonchev–Trinajstić information content (AvgIpc) is 2.33. The van der Waals surface area contributed by atoms with E-state index in [9.17, 15) is 4.79 Å². The summed E-state index contributed by atoms with van der Waals surface area (Å²) in [4.78, 5) is 11.9. The van der Waals surface area contributed by atoms with E-state index in [0.717, 1.165) is 18.5 Å². The minimum Gasteiger partial charge on any atom is -0.291 e. The van der Waals surface area contributed by atoms with E-state index in [0.29, 0.717) is 5.56 Å². The zero-order valence-electron chi connectivity index (χ0n) is 9.08. The molecule has 1 unspecified atom stereocenters. The van der Waals surface area contributed by atoms with Crippen molar-refractivity contribution < 1.29 is 4.79 Å².